The molecule has 0 aliphatic heterocycles. The number of rotatable bonds is 5. The minimum absolute atomic E-state index is 0.100. The Morgan fingerprint density at radius 3 is 1.37 bits per heavy atom. The summed E-state index contributed by atoms with van der Waals surface area (Å²) in [5.41, 5.74) is 24.0. The molecule has 3 aliphatic carbocycles. The first-order valence-corrected chi connectivity index (χ1v) is 20.8. The van der Waals surface area contributed by atoms with E-state index < -0.39 is 0 Å². The van der Waals surface area contributed by atoms with Crippen LogP contribution in [0.1, 0.15) is 47.2 Å². The number of hydrogen-bond acceptors (Lipinski definition) is 1. The van der Waals surface area contributed by atoms with Crippen molar-refractivity contribution in [2.24, 2.45) is 0 Å². The van der Waals surface area contributed by atoms with Crippen molar-refractivity contribution in [3.05, 3.63) is 246 Å². The fourth-order valence-electron chi connectivity index (χ4n) is 10.8. The minimum Gasteiger partial charge on any atom is -0.310 e. The lowest BCUT2D eigenvalue weighted by atomic mass is 9.70. The van der Waals surface area contributed by atoms with E-state index in [9.17, 15) is 0 Å². The molecule has 0 N–H and O–H groups in total. The Bertz CT molecular complexity index is 3090. The molecular formula is C58H41N. The lowest BCUT2D eigenvalue weighted by Gasteiger charge is -2.30. The topological polar surface area (TPSA) is 3.24 Å². The Morgan fingerprint density at radius 2 is 0.712 bits per heavy atom. The first-order chi connectivity index (χ1) is 29.0. The van der Waals surface area contributed by atoms with Crippen LogP contribution in [0.25, 0.3) is 55.6 Å². The molecule has 0 fully saturated rings. The van der Waals surface area contributed by atoms with Gasteiger partial charge in [-0.05, 0) is 131 Å². The van der Waals surface area contributed by atoms with Crippen LogP contribution in [0.3, 0.4) is 0 Å². The van der Waals surface area contributed by atoms with Crippen LogP contribution in [-0.4, -0.2) is 0 Å². The van der Waals surface area contributed by atoms with Gasteiger partial charge in [-0.3, -0.25) is 0 Å². The van der Waals surface area contributed by atoms with Gasteiger partial charge in [-0.15, -0.1) is 0 Å². The van der Waals surface area contributed by atoms with Crippen LogP contribution in [0.5, 0.6) is 0 Å². The molecule has 1 nitrogen and oxygen atoms in total. The molecule has 0 bridgehead atoms. The third-order valence-corrected chi connectivity index (χ3v) is 13.5. The maximum absolute atomic E-state index is 2.43. The van der Waals surface area contributed by atoms with Crippen molar-refractivity contribution in [1.29, 1.82) is 0 Å². The SMILES string of the molecule is CC1(C)c2ccccc2-c2ccc(N(c3ccc(-c4ccc5c(c4)-c4ccccc4C54c5ccccc5-c5ccccc54)cc3)c3cccc(-c4ccccc4)c3)cc21. The first kappa shape index (κ1) is 33.9. The molecule has 0 atom stereocenters. The van der Waals surface area contributed by atoms with Gasteiger partial charge in [0.1, 0.15) is 0 Å². The summed E-state index contributed by atoms with van der Waals surface area (Å²) in [5, 5.41) is 0. The van der Waals surface area contributed by atoms with Crippen molar-refractivity contribution >= 4 is 17.1 Å². The number of nitrogens with zero attached hydrogens (tertiary/aromatic N) is 1. The summed E-state index contributed by atoms with van der Waals surface area (Å²) in [4.78, 5) is 2.42. The number of hydrogen-bond donors (Lipinski definition) is 0. The summed E-state index contributed by atoms with van der Waals surface area (Å²) >= 11 is 0. The standard InChI is InChI=1S/C58H41N/c1-57(2)51-23-10-6-19-45(51)49-33-32-44(37-56(49)57)59(43-18-14-17-40(35-43)38-15-4-3-5-16-38)42-30-27-39(28-31-42)41-29-34-55-50(36-41)48-22-9-13-26-54(48)58(55)52-24-11-7-20-46(52)47-21-8-12-25-53(47)58/h3-37H,1-2H3. The minimum atomic E-state index is -0.331. The van der Waals surface area contributed by atoms with E-state index in [4.69, 9.17) is 0 Å². The van der Waals surface area contributed by atoms with Gasteiger partial charge < -0.3 is 4.90 Å². The zero-order chi connectivity index (χ0) is 39.3. The van der Waals surface area contributed by atoms with Crippen molar-refractivity contribution in [3.8, 4) is 55.6 Å². The summed E-state index contributed by atoms with van der Waals surface area (Å²) in [6.07, 6.45) is 0. The van der Waals surface area contributed by atoms with Crippen LogP contribution in [0.2, 0.25) is 0 Å². The normalized spacial score (nSPS) is 14.2. The maximum atomic E-state index is 2.43. The van der Waals surface area contributed by atoms with Crippen molar-refractivity contribution in [3.63, 3.8) is 0 Å². The van der Waals surface area contributed by atoms with E-state index in [2.05, 4.69) is 231 Å². The summed E-state index contributed by atoms with van der Waals surface area (Å²) in [5.74, 6) is 0. The predicted octanol–water partition coefficient (Wildman–Crippen LogP) is 15.1. The summed E-state index contributed by atoms with van der Waals surface area (Å²) in [6.45, 7) is 4.72. The molecule has 1 heteroatoms. The van der Waals surface area contributed by atoms with Crippen LogP contribution < -0.4 is 4.90 Å². The second kappa shape index (κ2) is 12.6. The van der Waals surface area contributed by atoms with Gasteiger partial charge in [-0.25, -0.2) is 0 Å². The number of fused-ring (bicyclic) bond motifs is 13. The van der Waals surface area contributed by atoms with Gasteiger partial charge in [0.15, 0.2) is 0 Å². The van der Waals surface area contributed by atoms with Crippen molar-refractivity contribution < 1.29 is 0 Å². The lowest BCUT2D eigenvalue weighted by Crippen LogP contribution is -2.25. The molecule has 0 radical (unpaired) electrons. The quantitative estimate of drug-likeness (QED) is 0.169. The predicted molar refractivity (Wildman–Crippen MR) is 246 cm³/mol. The summed E-state index contributed by atoms with van der Waals surface area (Å²) in [7, 11) is 0. The molecule has 3 aliphatic rings. The van der Waals surface area contributed by atoms with E-state index in [0.717, 1.165) is 17.1 Å². The molecule has 9 aromatic rings. The van der Waals surface area contributed by atoms with Crippen LogP contribution in [0.4, 0.5) is 17.1 Å². The molecule has 12 rings (SSSR count). The molecule has 0 saturated heterocycles. The van der Waals surface area contributed by atoms with Gasteiger partial charge in [0.2, 0.25) is 0 Å². The molecular weight excluding hydrogens is 711 g/mol. The molecule has 59 heavy (non-hydrogen) atoms. The fraction of sp³-hybridized carbons (Fsp3) is 0.0690. The van der Waals surface area contributed by atoms with E-state index in [1.807, 2.05) is 0 Å². The van der Waals surface area contributed by atoms with Gasteiger partial charge in [0, 0.05) is 22.5 Å². The number of benzene rings is 9. The van der Waals surface area contributed by atoms with E-state index >= 15 is 0 Å². The average Bonchev–Trinajstić information content (AvgIpc) is 3.85. The van der Waals surface area contributed by atoms with E-state index in [0.29, 0.717) is 0 Å². The van der Waals surface area contributed by atoms with Crippen LogP contribution in [0.15, 0.2) is 212 Å². The highest BCUT2D eigenvalue weighted by Gasteiger charge is 2.51. The van der Waals surface area contributed by atoms with Gasteiger partial charge in [0.25, 0.3) is 0 Å². The summed E-state index contributed by atoms with van der Waals surface area (Å²) in [6, 6.07) is 79.0. The second-order valence-corrected chi connectivity index (χ2v) is 16.8. The van der Waals surface area contributed by atoms with Crippen LogP contribution in [-0.2, 0) is 10.8 Å². The zero-order valence-electron chi connectivity index (χ0n) is 33.2. The molecule has 0 heterocycles. The van der Waals surface area contributed by atoms with E-state index in [-0.39, 0.29) is 10.8 Å². The highest BCUT2D eigenvalue weighted by atomic mass is 15.1. The second-order valence-electron chi connectivity index (χ2n) is 16.8. The molecule has 9 aromatic carbocycles. The molecule has 0 aromatic heterocycles. The molecule has 0 amide bonds. The Kier molecular flexibility index (Phi) is 7.26. The molecule has 278 valence electrons. The van der Waals surface area contributed by atoms with Gasteiger partial charge in [-0.1, -0.05) is 184 Å². The average molecular weight is 752 g/mol. The molecule has 0 unspecified atom stereocenters. The van der Waals surface area contributed by atoms with Gasteiger partial charge in [0.05, 0.1) is 5.41 Å². The maximum Gasteiger partial charge on any atom is 0.0725 e. The van der Waals surface area contributed by atoms with Crippen LogP contribution in [0, 0.1) is 0 Å². The lowest BCUT2D eigenvalue weighted by molar-refractivity contribution is 0.660. The van der Waals surface area contributed by atoms with Gasteiger partial charge in [-0.2, -0.15) is 0 Å². The fourth-order valence-corrected chi connectivity index (χ4v) is 10.8. The molecule has 1 spiro atoms. The van der Waals surface area contributed by atoms with E-state index in [1.54, 1.807) is 0 Å². The highest BCUT2D eigenvalue weighted by molar-refractivity contribution is 5.96. The zero-order valence-corrected chi connectivity index (χ0v) is 33.2. The largest absolute Gasteiger partial charge is 0.310 e. The van der Waals surface area contributed by atoms with Gasteiger partial charge >= 0.3 is 0 Å². The smallest absolute Gasteiger partial charge is 0.0725 e. The Labute approximate surface area is 346 Å². The van der Waals surface area contributed by atoms with Crippen LogP contribution >= 0.6 is 0 Å². The Hall–Kier alpha value is -7.22. The Balaban J connectivity index is 0.980. The third-order valence-electron chi connectivity index (χ3n) is 13.5. The molecule has 0 saturated carbocycles. The highest BCUT2D eigenvalue weighted by Crippen LogP contribution is 2.63. The third kappa shape index (κ3) is 4.79. The van der Waals surface area contributed by atoms with E-state index in [1.165, 1.54) is 89.0 Å². The summed E-state index contributed by atoms with van der Waals surface area (Å²) < 4.78 is 0. The van der Waals surface area contributed by atoms with Crippen molar-refractivity contribution in [2.45, 2.75) is 24.7 Å². The van der Waals surface area contributed by atoms with Crippen molar-refractivity contribution in [1.82, 2.24) is 0 Å². The monoisotopic (exact) mass is 751 g/mol. The Morgan fingerprint density at radius 1 is 0.271 bits per heavy atom. The van der Waals surface area contributed by atoms with Crippen molar-refractivity contribution in [2.75, 3.05) is 4.90 Å². The number of anilines is 3. The first-order valence-electron chi connectivity index (χ1n) is 20.8.